The van der Waals surface area contributed by atoms with Crippen molar-refractivity contribution in [1.82, 2.24) is 14.8 Å². The van der Waals surface area contributed by atoms with Crippen LogP contribution in [0, 0.1) is 5.92 Å². The van der Waals surface area contributed by atoms with E-state index in [0.717, 1.165) is 31.9 Å². The van der Waals surface area contributed by atoms with Crippen LogP contribution in [0.3, 0.4) is 0 Å². The van der Waals surface area contributed by atoms with Crippen molar-refractivity contribution in [3.05, 3.63) is 59.9 Å². The fraction of sp³-hybridized carbons (Fsp3) is 0.478. The molecule has 1 fully saturated rings. The number of carbonyl (C=O) groups is 1. The Bertz CT molecular complexity index is 751. The fourth-order valence-corrected chi connectivity index (χ4v) is 3.72. The van der Waals surface area contributed by atoms with E-state index in [1.807, 2.05) is 57.0 Å². The standard InChI is InChI=1S/C23H31N3O2/c1-17(2)23(27)26-14-12-25(13-15-26)22(20-6-5-11-24-16-20)19-7-9-21(10-8-19)28-18(3)4/h5-11,16-18,22H,12-15H2,1-4H3. The molecule has 1 aliphatic heterocycles. The van der Waals surface area contributed by atoms with Crippen LogP contribution < -0.4 is 4.74 Å². The quantitative estimate of drug-likeness (QED) is 0.764. The van der Waals surface area contributed by atoms with Crippen LogP contribution in [0.5, 0.6) is 5.75 Å². The van der Waals surface area contributed by atoms with Gasteiger partial charge >= 0.3 is 0 Å². The first-order valence-electron chi connectivity index (χ1n) is 10.1. The van der Waals surface area contributed by atoms with Gasteiger partial charge in [-0.1, -0.05) is 32.0 Å². The van der Waals surface area contributed by atoms with E-state index in [2.05, 4.69) is 28.1 Å². The minimum atomic E-state index is 0.0502. The van der Waals surface area contributed by atoms with Crippen molar-refractivity contribution in [1.29, 1.82) is 0 Å². The van der Waals surface area contributed by atoms with Crippen LogP contribution >= 0.6 is 0 Å². The normalized spacial score (nSPS) is 16.4. The van der Waals surface area contributed by atoms with Gasteiger partial charge in [-0.05, 0) is 43.2 Å². The van der Waals surface area contributed by atoms with E-state index in [1.165, 1.54) is 11.1 Å². The molecule has 0 radical (unpaired) electrons. The van der Waals surface area contributed by atoms with Crippen LogP contribution in [0.25, 0.3) is 0 Å². The largest absolute Gasteiger partial charge is 0.491 e. The van der Waals surface area contributed by atoms with E-state index in [-0.39, 0.29) is 24.0 Å². The Morgan fingerprint density at radius 2 is 1.64 bits per heavy atom. The summed E-state index contributed by atoms with van der Waals surface area (Å²) in [4.78, 5) is 21.1. The molecule has 1 aromatic heterocycles. The predicted molar refractivity (Wildman–Crippen MR) is 111 cm³/mol. The maximum atomic E-state index is 12.3. The molecule has 2 aromatic rings. The highest BCUT2D eigenvalue weighted by Gasteiger charge is 2.29. The van der Waals surface area contributed by atoms with Gasteiger partial charge in [0.15, 0.2) is 0 Å². The van der Waals surface area contributed by atoms with Crippen LogP contribution in [-0.2, 0) is 4.79 Å². The number of aromatic nitrogens is 1. The number of ether oxygens (including phenoxy) is 1. The van der Waals surface area contributed by atoms with Crippen molar-refractivity contribution >= 4 is 5.91 Å². The molecule has 0 saturated carbocycles. The first-order chi connectivity index (χ1) is 13.5. The Labute approximate surface area is 168 Å². The number of benzene rings is 1. The average Bonchev–Trinajstić information content (AvgIpc) is 2.70. The van der Waals surface area contributed by atoms with E-state index >= 15 is 0 Å². The highest BCUT2D eigenvalue weighted by molar-refractivity contribution is 5.78. The third-order valence-corrected chi connectivity index (χ3v) is 5.05. The van der Waals surface area contributed by atoms with Gasteiger partial charge in [0.2, 0.25) is 5.91 Å². The van der Waals surface area contributed by atoms with Crippen LogP contribution in [0.4, 0.5) is 0 Å². The van der Waals surface area contributed by atoms with E-state index in [0.29, 0.717) is 0 Å². The zero-order valence-electron chi connectivity index (χ0n) is 17.3. The molecule has 1 aliphatic rings. The molecule has 0 N–H and O–H groups in total. The summed E-state index contributed by atoms with van der Waals surface area (Å²) < 4.78 is 5.79. The Balaban J connectivity index is 1.80. The molecule has 1 aromatic carbocycles. The Hall–Kier alpha value is -2.40. The van der Waals surface area contributed by atoms with Gasteiger partial charge in [0, 0.05) is 44.5 Å². The van der Waals surface area contributed by atoms with Crippen molar-refractivity contribution in [3.8, 4) is 5.75 Å². The number of carbonyl (C=O) groups excluding carboxylic acids is 1. The van der Waals surface area contributed by atoms with E-state index in [4.69, 9.17) is 4.74 Å². The molecule has 3 rings (SSSR count). The molecule has 5 heteroatoms. The average molecular weight is 382 g/mol. The third-order valence-electron chi connectivity index (χ3n) is 5.05. The zero-order chi connectivity index (χ0) is 20.1. The summed E-state index contributed by atoms with van der Waals surface area (Å²) in [5.41, 5.74) is 2.39. The number of rotatable bonds is 6. The number of pyridine rings is 1. The number of amides is 1. The third kappa shape index (κ3) is 4.90. The summed E-state index contributed by atoms with van der Waals surface area (Å²) in [5.74, 6) is 1.18. The number of piperazine rings is 1. The molecule has 5 nitrogen and oxygen atoms in total. The van der Waals surface area contributed by atoms with Crippen molar-refractivity contribution in [2.24, 2.45) is 5.92 Å². The first kappa shape index (κ1) is 20.3. The second-order valence-corrected chi connectivity index (χ2v) is 7.94. The maximum Gasteiger partial charge on any atom is 0.225 e. The molecular weight excluding hydrogens is 350 g/mol. The highest BCUT2D eigenvalue weighted by atomic mass is 16.5. The second-order valence-electron chi connectivity index (χ2n) is 7.94. The molecule has 28 heavy (non-hydrogen) atoms. The van der Waals surface area contributed by atoms with Gasteiger partial charge in [0.05, 0.1) is 12.1 Å². The van der Waals surface area contributed by atoms with Crippen molar-refractivity contribution in [2.45, 2.75) is 39.8 Å². The highest BCUT2D eigenvalue weighted by Crippen LogP contribution is 2.30. The first-order valence-corrected chi connectivity index (χ1v) is 10.1. The van der Waals surface area contributed by atoms with Crippen molar-refractivity contribution < 1.29 is 9.53 Å². The lowest BCUT2D eigenvalue weighted by atomic mass is 9.97. The van der Waals surface area contributed by atoms with Crippen LogP contribution in [0.1, 0.15) is 44.9 Å². The fourth-order valence-electron chi connectivity index (χ4n) is 3.72. The second kappa shape index (κ2) is 9.20. The van der Waals surface area contributed by atoms with Crippen LogP contribution in [0.15, 0.2) is 48.8 Å². The summed E-state index contributed by atoms with van der Waals surface area (Å²) in [6.07, 6.45) is 3.90. The molecule has 150 valence electrons. The SMILES string of the molecule is CC(C)Oc1ccc(C(c2cccnc2)N2CCN(C(=O)C(C)C)CC2)cc1. The molecule has 2 heterocycles. The van der Waals surface area contributed by atoms with Gasteiger partial charge < -0.3 is 9.64 Å². The smallest absolute Gasteiger partial charge is 0.225 e. The van der Waals surface area contributed by atoms with E-state index in [9.17, 15) is 4.79 Å². The lowest BCUT2D eigenvalue weighted by Crippen LogP contribution is -2.50. The van der Waals surface area contributed by atoms with Crippen molar-refractivity contribution in [3.63, 3.8) is 0 Å². The lowest BCUT2D eigenvalue weighted by molar-refractivity contribution is -0.136. The Kier molecular flexibility index (Phi) is 6.68. The molecule has 0 spiro atoms. The van der Waals surface area contributed by atoms with Gasteiger partial charge in [-0.15, -0.1) is 0 Å². The Morgan fingerprint density at radius 1 is 0.964 bits per heavy atom. The van der Waals surface area contributed by atoms with Crippen LogP contribution in [-0.4, -0.2) is 53.0 Å². The molecule has 1 unspecified atom stereocenters. The predicted octanol–water partition coefficient (Wildman–Crippen LogP) is 3.76. The minimum Gasteiger partial charge on any atom is -0.491 e. The van der Waals surface area contributed by atoms with Gasteiger partial charge in [-0.25, -0.2) is 0 Å². The monoisotopic (exact) mass is 381 g/mol. The molecule has 1 saturated heterocycles. The van der Waals surface area contributed by atoms with Crippen LogP contribution in [0.2, 0.25) is 0 Å². The number of hydrogen-bond acceptors (Lipinski definition) is 4. The summed E-state index contributed by atoms with van der Waals surface area (Å²) in [6, 6.07) is 12.6. The molecule has 0 bridgehead atoms. The summed E-state index contributed by atoms with van der Waals surface area (Å²) in [5, 5.41) is 0. The maximum absolute atomic E-state index is 12.3. The van der Waals surface area contributed by atoms with Gasteiger partial charge in [-0.3, -0.25) is 14.7 Å². The number of nitrogens with zero attached hydrogens (tertiary/aromatic N) is 3. The molecular formula is C23H31N3O2. The number of hydrogen-bond donors (Lipinski definition) is 0. The topological polar surface area (TPSA) is 45.7 Å². The molecule has 1 amide bonds. The summed E-state index contributed by atoms with van der Waals surface area (Å²) in [7, 11) is 0. The lowest BCUT2D eigenvalue weighted by Gasteiger charge is -2.40. The van der Waals surface area contributed by atoms with Gasteiger partial charge in [0.1, 0.15) is 5.75 Å². The van der Waals surface area contributed by atoms with Gasteiger partial charge in [0.25, 0.3) is 0 Å². The Morgan fingerprint density at radius 3 is 2.18 bits per heavy atom. The van der Waals surface area contributed by atoms with E-state index in [1.54, 1.807) is 6.20 Å². The summed E-state index contributed by atoms with van der Waals surface area (Å²) in [6.45, 7) is 11.2. The molecule has 1 atom stereocenters. The van der Waals surface area contributed by atoms with Gasteiger partial charge in [-0.2, -0.15) is 0 Å². The van der Waals surface area contributed by atoms with E-state index < -0.39 is 0 Å². The molecule has 0 aliphatic carbocycles. The van der Waals surface area contributed by atoms with Crippen molar-refractivity contribution in [2.75, 3.05) is 26.2 Å². The minimum absolute atomic E-state index is 0.0502. The summed E-state index contributed by atoms with van der Waals surface area (Å²) >= 11 is 0. The zero-order valence-corrected chi connectivity index (χ0v) is 17.3.